The van der Waals surface area contributed by atoms with E-state index in [1.807, 2.05) is 0 Å². The number of rotatable bonds is 7. The van der Waals surface area contributed by atoms with Crippen LogP contribution in [0.1, 0.15) is 52.9 Å². The maximum absolute atomic E-state index is 10.7. The van der Waals surface area contributed by atoms with E-state index in [0.29, 0.717) is 6.42 Å². The van der Waals surface area contributed by atoms with Gasteiger partial charge in [0.25, 0.3) is 0 Å². The summed E-state index contributed by atoms with van der Waals surface area (Å²) in [5.74, 6) is 1.21. The van der Waals surface area contributed by atoms with Crippen molar-refractivity contribution in [1.29, 1.82) is 0 Å². The molecule has 0 saturated carbocycles. The first-order valence-electron chi connectivity index (χ1n) is 5.13. The summed E-state index contributed by atoms with van der Waals surface area (Å²) >= 11 is 0. The Labute approximate surface area is 88.1 Å². The molecule has 0 fully saturated rings. The van der Waals surface area contributed by atoms with Gasteiger partial charge in [0.05, 0.1) is 5.75 Å². The zero-order valence-corrected chi connectivity index (χ0v) is 10.2. The van der Waals surface area contributed by atoms with Crippen molar-refractivity contribution in [2.45, 2.75) is 52.9 Å². The van der Waals surface area contributed by atoms with E-state index >= 15 is 0 Å². The van der Waals surface area contributed by atoms with Gasteiger partial charge in [-0.2, -0.15) is 0 Å². The highest BCUT2D eigenvalue weighted by molar-refractivity contribution is 7.91. The third kappa shape index (κ3) is 8.51. The molecule has 0 atom stereocenters. The van der Waals surface area contributed by atoms with Gasteiger partial charge in [0, 0.05) is 0 Å². The Morgan fingerprint density at radius 2 is 1.86 bits per heavy atom. The standard InChI is InChI=1S/C10H22NO2S/c1-4-5-7-10(2,3)8-6-9-14(11,12)13/h9H,4-8H2,1-3H3,(H2,11,12,13). The normalized spacial score (nSPS) is 13.1. The second kappa shape index (κ2) is 5.71. The van der Waals surface area contributed by atoms with Crippen LogP contribution < -0.4 is 5.14 Å². The van der Waals surface area contributed by atoms with Crippen molar-refractivity contribution < 1.29 is 8.42 Å². The van der Waals surface area contributed by atoms with Gasteiger partial charge >= 0.3 is 0 Å². The van der Waals surface area contributed by atoms with Gasteiger partial charge < -0.3 is 0 Å². The van der Waals surface area contributed by atoms with E-state index in [0.717, 1.165) is 12.8 Å². The molecule has 0 aromatic carbocycles. The van der Waals surface area contributed by atoms with E-state index in [1.54, 1.807) is 0 Å². The molecule has 0 aliphatic rings. The van der Waals surface area contributed by atoms with Crippen LogP contribution in [-0.2, 0) is 10.0 Å². The molecule has 0 saturated heterocycles. The van der Waals surface area contributed by atoms with Crippen molar-refractivity contribution in [3.63, 3.8) is 0 Å². The maximum atomic E-state index is 10.7. The van der Waals surface area contributed by atoms with Gasteiger partial charge in [-0.1, -0.05) is 33.6 Å². The van der Waals surface area contributed by atoms with Gasteiger partial charge in [-0.15, -0.1) is 0 Å². The van der Waals surface area contributed by atoms with E-state index in [2.05, 4.69) is 20.8 Å². The van der Waals surface area contributed by atoms with Crippen molar-refractivity contribution in [2.75, 3.05) is 0 Å². The molecule has 0 unspecified atom stereocenters. The Kier molecular flexibility index (Phi) is 5.67. The van der Waals surface area contributed by atoms with Gasteiger partial charge in [0.1, 0.15) is 0 Å². The summed E-state index contributed by atoms with van der Waals surface area (Å²) in [7, 11) is -3.39. The van der Waals surface area contributed by atoms with E-state index in [4.69, 9.17) is 5.14 Å². The van der Waals surface area contributed by atoms with Crippen LogP contribution in [0.3, 0.4) is 0 Å². The van der Waals surface area contributed by atoms with Crippen molar-refractivity contribution in [1.82, 2.24) is 0 Å². The highest BCUT2D eigenvalue weighted by atomic mass is 32.2. The molecule has 0 aromatic rings. The summed E-state index contributed by atoms with van der Waals surface area (Å²) in [6.07, 6.45) is 4.95. The monoisotopic (exact) mass is 220 g/mol. The fourth-order valence-electron chi connectivity index (χ4n) is 1.39. The molecule has 0 rings (SSSR count). The lowest BCUT2D eigenvalue weighted by molar-refractivity contribution is 0.299. The number of primary sulfonamides is 1. The molecule has 0 amide bonds. The summed E-state index contributed by atoms with van der Waals surface area (Å²) < 4.78 is 21.3. The highest BCUT2D eigenvalue weighted by Gasteiger charge is 2.17. The van der Waals surface area contributed by atoms with Crippen LogP contribution in [0.25, 0.3) is 0 Å². The first kappa shape index (κ1) is 13.9. The van der Waals surface area contributed by atoms with Crippen LogP contribution in [0.5, 0.6) is 0 Å². The number of nitrogens with two attached hydrogens (primary N) is 1. The number of hydrogen-bond acceptors (Lipinski definition) is 2. The lowest BCUT2D eigenvalue weighted by atomic mass is 9.83. The number of sulfonamides is 1. The minimum Gasteiger partial charge on any atom is -0.228 e. The van der Waals surface area contributed by atoms with Crippen molar-refractivity contribution in [2.24, 2.45) is 10.6 Å². The molecule has 4 heteroatoms. The Hall–Kier alpha value is -0.0900. The molecule has 0 bridgehead atoms. The van der Waals surface area contributed by atoms with E-state index in [-0.39, 0.29) is 5.41 Å². The van der Waals surface area contributed by atoms with Crippen LogP contribution in [-0.4, -0.2) is 8.42 Å². The summed E-state index contributed by atoms with van der Waals surface area (Å²) in [5, 5.41) is 4.88. The minimum absolute atomic E-state index is 0.219. The van der Waals surface area contributed by atoms with E-state index in [9.17, 15) is 8.42 Å². The van der Waals surface area contributed by atoms with Crippen LogP contribution >= 0.6 is 0 Å². The smallest absolute Gasteiger partial charge is 0.213 e. The molecule has 14 heavy (non-hydrogen) atoms. The maximum Gasteiger partial charge on any atom is 0.213 e. The van der Waals surface area contributed by atoms with Crippen LogP contribution in [0.4, 0.5) is 0 Å². The van der Waals surface area contributed by atoms with E-state index < -0.39 is 10.0 Å². The summed E-state index contributed by atoms with van der Waals surface area (Å²) in [4.78, 5) is 0. The zero-order chi connectivity index (χ0) is 11.2. The highest BCUT2D eigenvalue weighted by Crippen LogP contribution is 2.29. The Morgan fingerprint density at radius 1 is 1.29 bits per heavy atom. The lowest BCUT2D eigenvalue weighted by Crippen LogP contribution is -2.15. The van der Waals surface area contributed by atoms with Gasteiger partial charge in [-0.05, 0) is 24.7 Å². The Bertz CT molecular complexity index is 245. The fraction of sp³-hybridized carbons (Fsp3) is 0.900. The SMILES string of the molecule is CCCCC(C)(C)CC[CH]S(N)(=O)=O. The first-order valence-corrected chi connectivity index (χ1v) is 6.74. The number of unbranched alkanes of at least 4 members (excludes halogenated alkanes) is 1. The van der Waals surface area contributed by atoms with Crippen molar-refractivity contribution >= 4 is 10.0 Å². The largest absolute Gasteiger partial charge is 0.228 e. The minimum atomic E-state index is -3.39. The average molecular weight is 220 g/mol. The fourth-order valence-corrected chi connectivity index (χ4v) is 1.84. The first-order chi connectivity index (χ1) is 6.27. The second-order valence-corrected chi connectivity index (χ2v) is 6.07. The lowest BCUT2D eigenvalue weighted by Gasteiger charge is -2.23. The zero-order valence-electron chi connectivity index (χ0n) is 9.41. The number of hydrogen-bond donors (Lipinski definition) is 1. The third-order valence-corrected chi connectivity index (χ3v) is 3.08. The second-order valence-electron chi connectivity index (χ2n) is 4.56. The quantitative estimate of drug-likeness (QED) is 0.716. The molecule has 0 heterocycles. The van der Waals surface area contributed by atoms with Crippen molar-refractivity contribution in [3.8, 4) is 0 Å². The third-order valence-electron chi connectivity index (χ3n) is 2.38. The van der Waals surface area contributed by atoms with Crippen molar-refractivity contribution in [3.05, 3.63) is 5.75 Å². The average Bonchev–Trinajstić information content (AvgIpc) is 1.98. The van der Waals surface area contributed by atoms with Crippen LogP contribution in [0, 0.1) is 11.2 Å². The van der Waals surface area contributed by atoms with Crippen LogP contribution in [0.2, 0.25) is 0 Å². The van der Waals surface area contributed by atoms with Gasteiger partial charge in [-0.25, -0.2) is 13.6 Å². The van der Waals surface area contributed by atoms with Gasteiger partial charge in [0.15, 0.2) is 0 Å². The molecule has 0 aromatic heterocycles. The summed E-state index contributed by atoms with van der Waals surface area (Å²) in [5.41, 5.74) is 0.219. The van der Waals surface area contributed by atoms with E-state index in [1.165, 1.54) is 18.6 Å². The molecule has 0 aliphatic carbocycles. The predicted octanol–water partition coefficient (Wildman–Crippen LogP) is 2.43. The Balaban J connectivity index is 3.76. The molecule has 2 N–H and O–H groups in total. The molecule has 3 nitrogen and oxygen atoms in total. The topological polar surface area (TPSA) is 60.2 Å². The van der Waals surface area contributed by atoms with Gasteiger partial charge in [-0.3, -0.25) is 0 Å². The summed E-state index contributed by atoms with van der Waals surface area (Å²) in [6, 6.07) is 0. The summed E-state index contributed by atoms with van der Waals surface area (Å²) in [6.45, 7) is 6.49. The van der Waals surface area contributed by atoms with Gasteiger partial charge in [0.2, 0.25) is 10.0 Å². The molecule has 85 valence electrons. The molecular formula is C10H22NO2S. The Morgan fingerprint density at radius 3 is 2.29 bits per heavy atom. The molecule has 0 spiro atoms. The molecule has 1 radical (unpaired) electrons. The molecule has 0 aliphatic heterocycles. The molecular weight excluding hydrogens is 198 g/mol. The van der Waals surface area contributed by atoms with Crippen LogP contribution in [0.15, 0.2) is 0 Å². The predicted molar refractivity (Wildman–Crippen MR) is 59.9 cm³/mol.